The fourth-order valence-electron chi connectivity index (χ4n) is 1.58. The minimum absolute atomic E-state index is 0.721. The van der Waals surface area contributed by atoms with Crippen LogP contribution in [0.5, 0.6) is 5.75 Å². The van der Waals surface area contributed by atoms with E-state index < -0.39 is 5.60 Å². The lowest BCUT2D eigenvalue weighted by Gasteiger charge is -2.23. The van der Waals surface area contributed by atoms with Crippen LogP contribution in [0.4, 0.5) is 0 Å². The van der Waals surface area contributed by atoms with Gasteiger partial charge in [0.1, 0.15) is 5.75 Å². The van der Waals surface area contributed by atoms with Crippen molar-refractivity contribution in [2.45, 2.75) is 32.3 Å². The average molecular weight is 194 g/mol. The van der Waals surface area contributed by atoms with Crippen LogP contribution >= 0.6 is 0 Å². The SMILES string of the molecule is CCCC(C)(O)c1ccc(OC)cc1. The van der Waals surface area contributed by atoms with E-state index in [1.807, 2.05) is 31.2 Å². The van der Waals surface area contributed by atoms with Crippen molar-refractivity contribution >= 4 is 0 Å². The summed E-state index contributed by atoms with van der Waals surface area (Å²) < 4.78 is 5.06. The molecule has 2 nitrogen and oxygen atoms in total. The second-order valence-electron chi connectivity index (χ2n) is 3.75. The van der Waals surface area contributed by atoms with E-state index in [9.17, 15) is 5.11 Å². The third-order valence-corrected chi connectivity index (χ3v) is 2.45. The van der Waals surface area contributed by atoms with Crippen molar-refractivity contribution in [3.05, 3.63) is 29.8 Å². The van der Waals surface area contributed by atoms with Crippen LogP contribution in [-0.4, -0.2) is 12.2 Å². The normalized spacial score (nSPS) is 14.9. The lowest BCUT2D eigenvalue weighted by molar-refractivity contribution is 0.0469. The molecule has 0 radical (unpaired) electrons. The molecule has 0 saturated heterocycles. The highest BCUT2D eigenvalue weighted by Crippen LogP contribution is 2.27. The lowest BCUT2D eigenvalue weighted by atomic mass is 9.91. The van der Waals surface area contributed by atoms with E-state index in [-0.39, 0.29) is 0 Å². The number of ether oxygens (including phenoxy) is 1. The van der Waals surface area contributed by atoms with Crippen molar-refractivity contribution in [3.8, 4) is 5.75 Å². The molecule has 0 aliphatic carbocycles. The van der Waals surface area contributed by atoms with E-state index in [4.69, 9.17) is 4.74 Å². The second kappa shape index (κ2) is 4.47. The standard InChI is InChI=1S/C12H18O2/c1-4-9-12(2,13)10-5-7-11(14-3)8-6-10/h5-8,13H,4,9H2,1-3H3. The summed E-state index contributed by atoms with van der Waals surface area (Å²) in [6.45, 7) is 3.91. The van der Waals surface area contributed by atoms with Crippen molar-refractivity contribution in [1.82, 2.24) is 0 Å². The van der Waals surface area contributed by atoms with E-state index in [2.05, 4.69) is 6.92 Å². The molecule has 78 valence electrons. The Morgan fingerprint density at radius 2 is 1.86 bits per heavy atom. The molecule has 0 heterocycles. The second-order valence-corrected chi connectivity index (χ2v) is 3.75. The third-order valence-electron chi connectivity index (χ3n) is 2.45. The molecule has 0 amide bonds. The first-order valence-electron chi connectivity index (χ1n) is 4.97. The summed E-state index contributed by atoms with van der Waals surface area (Å²) in [5.74, 6) is 0.820. The van der Waals surface area contributed by atoms with Crippen LogP contribution in [0.15, 0.2) is 24.3 Å². The quantitative estimate of drug-likeness (QED) is 0.798. The highest BCUT2D eigenvalue weighted by molar-refractivity contribution is 5.30. The average Bonchev–Trinajstić information content (AvgIpc) is 2.18. The summed E-state index contributed by atoms with van der Waals surface area (Å²) in [6.07, 6.45) is 1.75. The molecule has 1 aromatic rings. The predicted octanol–water partition coefficient (Wildman–Crippen LogP) is 2.70. The van der Waals surface area contributed by atoms with Gasteiger partial charge in [0, 0.05) is 0 Å². The summed E-state index contributed by atoms with van der Waals surface area (Å²) in [7, 11) is 1.64. The van der Waals surface area contributed by atoms with E-state index in [0.717, 1.165) is 24.2 Å². The molecule has 0 aromatic heterocycles. The van der Waals surface area contributed by atoms with E-state index in [0.29, 0.717) is 0 Å². The topological polar surface area (TPSA) is 29.5 Å². The van der Waals surface area contributed by atoms with E-state index in [1.54, 1.807) is 7.11 Å². The van der Waals surface area contributed by atoms with Gasteiger partial charge in [0.05, 0.1) is 12.7 Å². The molecule has 0 aliphatic rings. The van der Waals surface area contributed by atoms with Crippen LogP contribution in [0, 0.1) is 0 Å². The molecule has 0 aliphatic heterocycles. The van der Waals surface area contributed by atoms with Crippen molar-refractivity contribution in [1.29, 1.82) is 0 Å². The molecule has 0 bridgehead atoms. The summed E-state index contributed by atoms with van der Waals surface area (Å²) in [4.78, 5) is 0. The van der Waals surface area contributed by atoms with Gasteiger partial charge in [-0.1, -0.05) is 25.5 Å². The maximum atomic E-state index is 10.1. The minimum Gasteiger partial charge on any atom is -0.497 e. The van der Waals surface area contributed by atoms with Crippen molar-refractivity contribution in [2.75, 3.05) is 7.11 Å². The van der Waals surface area contributed by atoms with Crippen LogP contribution in [0.25, 0.3) is 0 Å². The molecular formula is C12H18O2. The van der Waals surface area contributed by atoms with Crippen LogP contribution in [0.3, 0.4) is 0 Å². The Morgan fingerprint density at radius 1 is 1.29 bits per heavy atom. The Balaban J connectivity index is 2.85. The van der Waals surface area contributed by atoms with Gasteiger partial charge in [-0.25, -0.2) is 0 Å². The van der Waals surface area contributed by atoms with E-state index in [1.165, 1.54) is 0 Å². The Morgan fingerprint density at radius 3 is 2.29 bits per heavy atom. The van der Waals surface area contributed by atoms with Gasteiger partial charge >= 0.3 is 0 Å². The van der Waals surface area contributed by atoms with Gasteiger partial charge < -0.3 is 9.84 Å². The van der Waals surface area contributed by atoms with Crippen LogP contribution in [-0.2, 0) is 5.60 Å². The maximum absolute atomic E-state index is 10.1. The van der Waals surface area contributed by atoms with Crippen molar-refractivity contribution < 1.29 is 9.84 Å². The molecule has 0 saturated carbocycles. The summed E-state index contributed by atoms with van der Waals surface area (Å²) >= 11 is 0. The van der Waals surface area contributed by atoms with Gasteiger partial charge in [0.25, 0.3) is 0 Å². The number of hydrogen-bond donors (Lipinski definition) is 1. The molecule has 2 heteroatoms. The highest BCUT2D eigenvalue weighted by atomic mass is 16.5. The molecule has 1 rings (SSSR count). The van der Waals surface area contributed by atoms with Gasteiger partial charge in [0.15, 0.2) is 0 Å². The monoisotopic (exact) mass is 194 g/mol. The number of rotatable bonds is 4. The van der Waals surface area contributed by atoms with E-state index >= 15 is 0 Å². The first-order valence-corrected chi connectivity index (χ1v) is 4.97. The van der Waals surface area contributed by atoms with Gasteiger partial charge in [-0.05, 0) is 31.0 Å². The van der Waals surface area contributed by atoms with Gasteiger partial charge in [0.2, 0.25) is 0 Å². The molecular weight excluding hydrogens is 176 g/mol. The van der Waals surface area contributed by atoms with Gasteiger partial charge in [-0.2, -0.15) is 0 Å². The Labute approximate surface area is 85.5 Å². The first-order chi connectivity index (χ1) is 6.60. The van der Waals surface area contributed by atoms with Crippen LogP contribution in [0.1, 0.15) is 32.3 Å². The predicted molar refractivity (Wildman–Crippen MR) is 57.5 cm³/mol. The van der Waals surface area contributed by atoms with Gasteiger partial charge in [-0.3, -0.25) is 0 Å². The maximum Gasteiger partial charge on any atom is 0.118 e. The molecule has 0 fully saturated rings. The molecule has 1 atom stereocenters. The summed E-state index contributed by atoms with van der Waals surface area (Å²) in [5, 5.41) is 10.1. The first kappa shape index (κ1) is 11.1. The molecule has 1 aromatic carbocycles. The van der Waals surface area contributed by atoms with Crippen molar-refractivity contribution in [2.24, 2.45) is 0 Å². The number of hydrogen-bond acceptors (Lipinski definition) is 2. The number of benzene rings is 1. The smallest absolute Gasteiger partial charge is 0.118 e. The zero-order chi connectivity index (χ0) is 10.6. The number of methoxy groups -OCH3 is 1. The lowest BCUT2D eigenvalue weighted by Crippen LogP contribution is -2.20. The highest BCUT2D eigenvalue weighted by Gasteiger charge is 2.21. The third kappa shape index (κ3) is 2.48. The Bertz CT molecular complexity index is 275. The fraction of sp³-hybridized carbons (Fsp3) is 0.500. The fourth-order valence-corrected chi connectivity index (χ4v) is 1.58. The van der Waals surface area contributed by atoms with Crippen LogP contribution < -0.4 is 4.74 Å². The molecule has 1 unspecified atom stereocenters. The number of aliphatic hydroxyl groups is 1. The van der Waals surface area contributed by atoms with Gasteiger partial charge in [-0.15, -0.1) is 0 Å². The molecule has 1 N–H and O–H groups in total. The minimum atomic E-state index is -0.721. The van der Waals surface area contributed by atoms with Crippen molar-refractivity contribution in [3.63, 3.8) is 0 Å². The summed E-state index contributed by atoms with van der Waals surface area (Å²) in [5.41, 5.74) is 0.223. The molecule has 0 spiro atoms. The van der Waals surface area contributed by atoms with Crippen LogP contribution in [0.2, 0.25) is 0 Å². The Hall–Kier alpha value is -1.02. The zero-order valence-electron chi connectivity index (χ0n) is 9.08. The Kier molecular flexibility index (Phi) is 3.53. The summed E-state index contributed by atoms with van der Waals surface area (Å²) in [6, 6.07) is 7.57. The largest absolute Gasteiger partial charge is 0.497 e. The molecule has 14 heavy (non-hydrogen) atoms. The zero-order valence-corrected chi connectivity index (χ0v) is 9.08.